The summed E-state index contributed by atoms with van der Waals surface area (Å²) in [7, 11) is 0. The molecule has 0 radical (unpaired) electrons. The number of carbonyl (C=O) groups is 2. The van der Waals surface area contributed by atoms with Gasteiger partial charge in [-0.25, -0.2) is 9.38 Å². The van der Waals surface area contributed by atoms with E-state index in [4.69, 9.17) is 17.3 Å². The van der Waals surface area contributed by atoms with E-state index in [1.807, 2.05) is 13.0 Å². The fourth-order valence-electron chi connectivity index (χ4n) is 4.08. The first-order chi connectivity index (χ1) is 15.0. The summed E-state index contributed by atoms with van der Waals surface area (Å²) >= 11 is 5.96. The average Bonchev–Trinajstić information content (AvgIpc) is 2.67. The zero-order valence-corrected chi connectivity index (χ0v) is 19.2. The zero-order valence-electron chi connectivity index (χ0n) is 18.5. The van der Waals surface area contributed by atoms with Gasteiger partial charge in [-0.3, -0.25) is 14.5 Å². The van der Waals surface area contributed by atoms with Gasteiger partial charge in [0.25, 0.3) is 5.91 Å². The van der Waals surface area contributed by atoms with Crippen LogP contribution in [0.4, 0.5) is 4.39 Å². The molecule has 3 rings (SSSR count). The monoisotopic (exact) mass is 458 g/mol. The third-order valence-corrected chi connectivity index (χ3v) is 5.48. The lowest BCUT2D eigenvalue weighted by atomic mass is 9.87. The molecule has 0 saturated heterocycles. The van der Waals surface area contributed by atoms with Crippen LogP contribution < -0.4 is 11.1 Å². The smallest absolute Gasteiger partial charge is 0.251 e. The van der Waals surface area contributed by atoms with E-state index in [0.717, 1.165) is 18.1 Å². The number of hydrogen-bond donors (Lipinski definition) is 2. The summed E-state index contributed by atoms with van der Waals surface area (Å²) in [5.41, 5.74) is 7.00. The maximum absolute atomic E-state index is 14.3. The summed E-state index contributed by atoms with van der Waals surface area (Å²) in [6, 6.07) is 11.1. The van der Waals surface area contributed by atoms with Gasteiger partial charge in [0, 0.05) is 17.1 Å². The number of amides is 2. The predicted octanol–water partition coefficient (Wildman–Crippen LogP) is 4.26. The van der Waals surface area contributed by atoms with E-state index >= 15 is 0 Å². The van der Waals surface area contributed by atoms with Gasteiger partial charge in [0.05, 0.1) is 18.5 Å². The van der Waals surface area contributed by atoms with Crippen molar-refractivity contribution in [2.24, 2.45) is 16.6 Å². The van der Waals surface area contributed by atoms with Gasteiger partial charge in [-0.2, -0.15) is 0 Å². The second-order valence-electron chi connectivity index (χ2n) is 8.88. The van der Waals surface area contributed by atoms with Gasteiger partial charge in [-0.05, 0) is 60.7 Å². The minimum atomic E-state index is -0.569. The van der Waals surface area contributed by atoms with Crippen LogP contribution in [0.1, 0.15) is 55.1 Å². The first-order valence-electron chi connectivity index (χ1n) is 10.5. The standard InChI is InChI=1S/C24H28ClFN4O2/c1-15(2)11-24(3)12-21(31)30(23(27)29-24)14-17-7-18(10-20(26)9-17)22(32)28-13-16-5-4-6-19(25)8-16/h4-10,15H,11-14H2,1-3H3,(H2,27,29)(H,28,32). The number of rotatable bonds is 7. The number of aliphatic imine (C=N–C) groups is 1. The Morgan fingerprint density at radius 3 is 2.69 bits per heavy atom. The van der Waals surface area contributed by atoms with Gasteiger partial charge in [0.15, 0.2) is 5.96 Å². The van der Waals surface area contributed by atoms with E-state index in [1.54, 1.807) is 24.3 Å². The minimum absolute atomic E-state index is 0.0399. The fourth-order valence-corrected chi connectivity index (χ4v) is 4.29. The molecule has 3 N–H and O–H groups in total. The highest BCUT2D eigenvalue weighted by molar-refractivity contribution is 6.30. The molecular weight excluding hydrogens is 431 g/mol. The van der Waals surface area contributed by atoms with Crippen LogP contribution in [0.2, 0.25) is 5.02 Å². The molecule has 1 heterocycles. The Morgan fingerprint density at radius 1 is 1.28 bits per heavy atom. The molecule has 2 aromatic rings. The van der Waals surface area contributed by atoms with Crippen LogP contribution in [0.15, 0.2) is 47.5 Å². The molecule has 1 aliphatic heterocycles. The van der Waals surface area contributed by atoms with E-state index in [1.165, 1.54) is 11.0 Å². The highest BCUT2D eigenvalue weighted by atomic mass is 35.5. The number of guanidine groups is 1. The largest absolute Gasteiger partial charge is 0.369 e. The zero-order chi connectivity index (χ0) is 23.5. The second-order valence-corrected chi connectivity index (χ2v) is 9.32. The predicted molar refractivity (Wildman–Crippen MR) is 124 cm³/mol. The molecule has 0 saturated carbocycles. The average molecular weight is 459 g/mol. The summed E-state index contributed by atoms with van der Waals surface area (Å²) in [6.07, 6.45) is 0.971. The number of nitrogens with one attached hydrogen (secondary N) is 1. The highest BCUT2D eigenvalue weighted by Gasteiger charge is 2.36. The van der Waals surface area contributed by atoms with Crippen molar-refractivity contribution in [2.45, 2.75) is 52.2 Å². The Kier molecular flexibility index (Phi) is 7.19. The van der Waals surface area contributed by atoms with Crippen LogP contribution >= 0.6 is 11.6 Å². The second kappa shape index (κ2) is 9.69. The Hall–Kier alpha value is -2.93. The first kappa shape index (κ1) is 23.7. The van der Waals surface area contributed by atoms with Gasteiger partial charge in [-0.15, -0.1) is 0 Å². The van der Waals surface area contributed by atoms with Crippen LogP contribution in [0.5, 0.6) is 0 Å². The third-order valence-electron chi connectivity index (χ3n) is 5.24. The minimum Gasteiger partial charge on any atom is -0.369 e. The van der Waals surface area contributed by atoms with E-state index in [0.29, 0.717) is 16.5 Å². The molecule has 2 amide bonds. The molecule has 0 spiro atoms. The summed E-state index contributed by atoms with van der Waals surface area (Å²) in [5, 5.41) is 3.32. The number of nitrogens with two attached hydrogens (primary N) is 1. The lowest BCUT2D eigenvalue weighted by molar-refractivity contribution is -0.130. The van der Waals surface area contributed by atoms with Crippen molar-refractivity contribution >= 4 is 29.4 Å². The molecule has 0 bridgehead atoms. The SMILES string of the molecule is CC(C)CC1(C)CC(=O)N(Cc2cc(F)cc(C(=O)NCc3cccc(Cl)c3)c2)C(N)=N1. The van der Waals surface area contributed by atoms with Gasteiger partial charge < -0.3 is 11.1 Å². The number of halogens is 2. The summed E-state index contributed by atoms with van der Waals surface area (Å²) in [4.78, 5) is 31.2. The maximum Gasteiger partial charge on any atom is 0.251 e. The fraction of sp³-hybridized carbons (Fsp3) is 0.375. The van der Waals surface area contributed by atoms with E-state index in [2.05, 4.69) is 24.2 Å². The number of carbonyl (C=O) groups excluding carboxylic acids is 2. The third kappa shape index (κ3) is 6.07. The van der Waals surface area contributed by atoms with Crippen molar-refractivity contribution in [2.75, 3.05) is 0 Å². The summed E-state index contributed by atoms with van der Waals surface area (Å²) in [5.74, 6) is -0.688. The lowest BCUT2D eigenvalue weighted by Gasteiger charge is -2.36. The lowest BCUT2D eigenvalue weighted by Crippen LogP contribution is -2.50. The molecule has 170 valence electrons. The number of hydrogen-bond acceptors (Lipinski definition) is 4. The van der Waals surface area contributed by atoms with Crippen LogP contribution in [-0.2, 0) is 17.9 Å². The van der Waals surface area contributed by atoms with Crippen molar-refractivity contribution in [3.05, 3.63) is 70.0 Å². The van der Waals surface area contributed by atoms with Gasteiger partial charge in [-0.1, -0.05) is 37.6 Å². The van der Waals surface area contributed by atoms with Gasteiger partial charge in [0.2, 0.25) is 5.91 Å². The maximum atomic E-state index is 14.3. The van der Waals surface area contributed by atoms with Gasteiger partial charge in [0.1, 0.15) is 5.82 Å². The van der Waals surface area contributed by atoms with Crippen LogP contribution in [0.25, 0.3) is 0 Å². The quantitative estimate of drug-likeness (QED) is 0.649. The normalized spacial score (nSPS) is 18.6. The molecule has 0 aromatic heterocycles. The van der Waals surface area contributed by atoms with Crippen LogP contribution in [0.3, 0.4) is 0 Å². The number of benzene rings is 2. The first-order valence-corrected chi connectivity index (χ1v) is 10.9. The topological polar surface area (TPSA) is 87.8 Å². The van der Waals surface area contributed by atoms with Crippen LogP contribution in [0, 0.1) is 11.7 Å². The molecule has 0 aliphatic carbocycles. The van der Waals surface area contributed by atoms with Crippen molar-refractivity contribution in [1.82, 2.24) is 10.2 Å². The summed E-state index contributed by atoms with van der Waals surface area (Å²) < 4.78 is 14.3. The molecule has 2 aromatic carbocycles. The van der Waals surface area contributed by atoms with Crippen LogP contribution in [-0.4, -0.2) is 28.2 Å². The Balaban J connectivity index is 1.73. The Bertz CT molecular complexity index is 1060. The van der Waals surface area contributed by atoms with Crippen molar-refractivity contribution in [3.63, 3.8) is 0 Å². The van der Waals surface area contributed by atoms with Crippen molar-refractivity contribution in [1.29, 1.82) is 0 Å². The molecule has 0 fully saturated rings. The van der Waals surface area contributed by atoms with E-state index in [-0.39, 0.29) is 36.9 Å². The molecule has 8 heteroatoms. The molecular formula is C24H28ClFN4O2. The van der Waals surface area contributed by atoms with Crippen molar-refractivity contribution in [3.8, 4) is 0 Å². The summed E-state index contributed by atoms with van der Waals surface area (Å²) in [6.45, 7) is 6.35. The highest BCUT2D eigenvalue weighted by Crippen LogP contribution is 2.29. The molecule has 1 aliphatic rings. The van der Waals surface area contributed by atoms with Gasteiger partial charge >= 0.3 is 0 Å². The van der Waals surface area contributed by atoms with E-state index in [9.17, 15) is 14.0 Å². The Labute approximate surface area is 192 Å². The van der Waals surface area contributed by atoms with E-state index < -0.39 is 17.3 Å². The molecule has 1 atom stereocenters. The Morgan fingerprint density at radius 2 is 2.03 bits per heavy atom. The number of nitrogens with zero attached hydrogens (tertiary/aromatic N) is 2. The molecule has 32 heavy (non-hydrogen) atoms. The van der Waals surface area contributed by atoms with Crippen molar-refractivity contribution < 1.29 is 14.0 Å². The molecule has 1 unspecified atom stereocenters. The molecule has 6 nitrogen and oxygen atoms in total.